The molecule has 2 rings (SSSR count). The van der Waals surface area contributed by atoms with Gasteiger partial charge >= 0.3 is 26.1 Å². The second-order valence-electron chi connectivity index (χ2n) is 6.86. The molecular formula is C15H17BClN3O7S. The number of thiazole rings is 1. The number of carbonyl (C=O) groups is 3. The highest BCUT2D eigenvalue weighted by atomic mass is 35.5. The lowest BCUT2D eigenvalue weighted by atomic mass is 9.80. The number of ether oxygens (including phenoxy) is 1. The van der Waals surface area contributed by atoms with Gasteiger partial charge in [-0.3, -0.25) is 5.32 Å². The number of rotatable bonds is 6. The normalized spacial score (nSPS) is 15.9. The van der Waals surface area contributed by atoms with Crippen LogP contribution in [0.5, 0.6) is 0 Å². The molecule has 1 amide bonds. The second-order valence-corrected chi connectivity index (χ2v) is 8.46. The van der Waals surface area contributed by atoms with Gasteiger partial charge in [0.2, 0.25) is 11.3 Å². The number of nitrogens with one attached hydrogen (secondary N) is 1. The van der Waals surface area contributed by atoms with Crippen LogP contribution >= 0.6 is 22.9 Å². The van der Waals surface area contributed by atoms with Crippen molar-refractivity contribution in [2.24, 2.45) is 5.16 Å². The SMILES string of the molecule is [B]OC(=O)C1(O/N=C(\C(=O)O)c2nc(NC(=O)OC(C)(C)C)sc2Cl)CCC1. The zero-order chi connectivity index (χ0) is 21.1. The standard InChI is InChI=1S/C15H17BClN3O7S/c1-14(2,3)25-13(24)19-12-18-7(9(17)28-12)8(10(21)22)20-27-15(5-4-6-15)11(23)26-16/h4-6H2,1-3H3,(H,21,22)(H,18,19,24)/b20-8-. The molecule has 1 fully saturated rings. The molecule has 10 nitrogen and oxygen atoms in total. The van der Waals surface area contributed by atoms with Crippen molar-refractivity contribution in [1.29, 1.82) is 0 Å². The van der Waals surface area contributed by atoms with Gasteiger partial charge in [0.25, 0.3) is 0 Å². The van der Waals surface area contributed by atoms with Gasteiger partial charge in [0.15, 0.2) is 5.13 Å². The van der Waals surface area contributed by atoms with E-state index in [4.69, 9.17) is 29.2 Å². The lowest BCUT2D eigenvalue weighted by molar-refractivity contribution is -0.175. The molecule has 0 spiro atoms. The average Bonchev–Trinajstić information content (AvgIpc) is 2.86. The second kappa shape index (κ2) is 8.35. The van der Waals surface area contributed by atoms with Gasteiger partial charge in [0, 0.05) is 12.8 Å². The molecule has 2 radical (unpaired) electrons. The summed E-state index contributed by atoms with van der Waals surface area (Å²) in [6.45, 7) is 5.05. The highest BCUT2D eigenvalue weighted by molar-refractivity contribution is 7.20. The number of hydrogen-bond donors (Lipinski definition) is 2. The van der Waals surface area contributed by atoms with Gasteiger partial charge in [-0.15, -0.1) is 0 Å². The van der Waals surface area contributed by atoms with Crippen molar-refractivity contribution in [3.8, 4) is 0 Å². The molecule has 2 N–H and O–H groups in total. The molecule has 1 aliphatic rings. The fourth-order valence-electron chi connectivity index (χ4n) is 2.15. The fourth-order valence-corrected chi connectivity index (χ4v) is 3.18. The summed E-state index contributed by atoms with van der Waals surface area (Å²) in [6.07, 6.45) is 0.424. The van der Waals surface area contributed by atoms with Gasteiger partial charge in [-0.1, -0.05) is 28.1 Å². The molecule has 0 bridgehead atoms. The molecule has 1 aromatic rings. The smallest absolute Gasteiger partial charge is 0.413 e. The number of hydrogen-bond acceptors (Lipinski definition) is 9. The van der Waals surface area contributed by atoms with Crippen LogP contribution in [0, 0.1) is 0 Å². The van der Waals surface area contributed by atoms with E-state index in [0.717, 1.165) is 11.3 Å². The van der Waals surface area contributed by atoms with Crippen molar-refractivity contribution in [3.05, 3.63) is 10.0 Å². The summed E-state index contributed by atoms with van der Waals surface area (Å²) in [5.74, 6) is -2.35. The number of carboxylic acid groups (broad SMARTS) is 1. The third kappa shape index (κ3) is 5.13. The number of aromatic nitrogens is 1. The van der Waals surface area contributed by atoms with Crippen LogP contribution in [0.3, 0.4) is 0 Å². The van der Waals surface area contributed by atoms with E-state index < -0.39 is 34.9 Å². The lowest BCUT2D eigenvalue weighted by Gasteiger charge is -2.36. The van der Waals surface area contributed by atoms with Crippen LogP contribution in [0.25, 0.3) is 0 Å². The van der Waals surface area contributed by atoms with Crippen LogP contribution in [-0.2, 0) is 23.8 Å². The van der Waals surface area contributed by atoms with Crippen LogP contribution < -0.4 is 5.32 Å². The first-order chi connectivity index (χ1) is 13.0. The summed E-state index contributed by atoms with van der Waals surface area (Å²) in [5.41, 5.74) is -3.05. The van der Waals surface area contributed by atoms with E-state index >= 15 is 0 Å². The number of anilines is 1. The molecule has 0 atom stereocenters. The molecule has 0 aliphatic heterocycles. The van der Waals surface area contributed by atoms with Crippen LogP contribution in [0.2, 0.25) is 4.34 Å². The summed E-state index contributed by atoms with van der Waals surface area (Å²) in [5, 5.41) is 15.3. The highest BCUT2D eigenvalue weighted by Gasteiger charge is 2.48. The largest absolute Gasteiger partial charge is 0.540 e. The Morgan fingerprint density at radius 3 is 2.46 bits per heavy atom. The fraction of sp³-hybridized carbons (Fsp3) is 0.533. The number of carbonyl (C=O) groups excluding carboxylic acids is 2. The third-order valence-corrected chi connectivity index (χ3v) is 4.74. The number of halogens is 1. The van der Waals surface area contributed by atoms with Crippen molar-refractivity contribution < 1.29 is 33.7 Å². The van der Waals surface area contributed by atoms with Gasteiger partial charge in [-0.05, 0) is 27.2 Å². The van der Waals surface area contributed by atoms with Crippen molar-refractivity contribution >= 4 is 59.9 Å². The van der Waals surface area contributed by atoms with E-state index in [2.05, 4.69) is 20.1 Å². The molecule has 0 unspecified atom stereocenters. The minimum atomic E-state index is -1.49. The van der Waals surface area contributed by atoms with Crippen LogP contribution in [-0.4, -0.2) is 53.1 Å². The van der Waals surface area contributed by atoms with E-state index in [1.807, 2.05) is 0 Å². The quantitative estimate of drug-likeness (QED) is 0.400. The third-order valence-electron chi connectivity index (χ3n) is 3.57. The Bertz CT molecular complexity index is 817. The Kier molecular flexibility index (Phi) is 6.55. The van der Waals surface area contributed by atoms with Crippen molar-refractivity contribution in [2.75, 3.05) is 5.32 Å². The maximum atomic E-state index is 11.8. The molecule has 1 aliphatic carbocycles. The first-order valence-electron chi connectivity index (χ1n) is 8.05. The summed E-state index contributed by atoms with van der Waals surface area (Å²) in [6, 6.07) is 0. The Balaban J connectivity index is 2.22. The minimum Gasteiger partial charge on any atom is -0.540 e. The molecule has 13 heteroatoms. The first kappa shape index (κ1) is 22.0. The molecule has 150 valence electrons. The molecule has 1 heterocycles. The number of aliphatic carboxylic acids is 1. The number of oxime groups is 1. The molecule has 0 saturated heterocycles. The number of amides is 1. The highest BCUT2D eigenvalue weighted by Crippen LogP contribution is 2.37. The average molecular weight is 430 g/mol. The Hall–Kier alpha value is -2.34. The Morgan fingerprint density at radius 2 is 2.00 bits per heavy atom. The molecular weight excluding hydrogens is 413 g/mol. The van der Waals surface area contributed by atoms with Gasteiger partial charge in [-0.2, -0.15) is 0 Å². The van der Waals surface area contributed by atoms with Crippen LogP contribution in [0.4, 0.5) is 9.93 Å². The van der Waals surface area contributed by atoms with Gasteiger partial charge in [0.1, 0.15) is 15.6 Å². The van der Waals surface area contributed by atoms with E-state index in [9.17, 15) is 19.5 Å². The monoisotopic (exact) mass is 429 g/mol. The molecule has 28 heavy (non-hydrogen) atoms. The summed E-state index contributed by atoms with van der Waals surface area (Å²) in [4.78, 5) is 44.3. The van der Waals surface area contributed by atoms with Crippen LogP contribution in [0.1, 0.15) is 45.7 Å². The summed E-state index contributed by atoms with van der Waals surface area (Å²) >= 11 is 6.85. The Labute approximate surface area is 170 Å². The predicted molar refractivity (Wildman–Crippen MR) is 101 cm³/mol. The van der Waals surface area contributed by atoms with Gasteiger partial charge < -0.3 is 19.3 Å². The number of nitrogens with zero attached hydrogens (tertiary/aromatic N) is 2. The van der Waals surface area contributed by atoms with Crippen molar-refractivity contribution in [2.45, 2.75) is 51.2 Å². The topological polar surface area (TPSA) is 136 Å². The van der Waals surface area contributed by atoms with E-state index in [1.54, 1.807) is 20.8 Å². The summed E-state index contributed by atoms with van der Waals surface area (Å²) in [7, 11) is 4.88. The van der Waals surface area contributed by atoms with E-state index in [1.165, 1.54) is 0 Å². The molecule has 1 saturated carbocycles. The van der Waals surface area contributed by atoms with E-state index in [0.29, 0.717) is 6.42 Å². The predicted octanol–water partition coefficient (Wildman–Crippen LogP) is 2.50. The lowest BCUT2D eigenvalue weighted by Crippen LogP contribution is -2.48. The number of carboxylic acids is 1. The van der Waals surface area contributed by atoms with Crippen LogP contribution in [0.15, 0.2) is 5.16 Å². The zero-order valence-corrected chi connectivity index (χ0v) is 16.8. The maximum Gasteiger partial charge on any atom is 0.413 e. The first-order valence-corrected chi connectivity index (χ1v) is 9.24. The summed E-state index contributed by atoms with van der Waals surface area (Å²) < 4.78 is 9.22. The minimum absolute atomic E-state index is 0.00271. The maximum absolute atomic E-state index is 11.8. The Morgan fingerprint density at radius 1 is 1.36 bits per heavy atom. The van der Waals surface area contributed by atoms with Crippen molar-refractivity contribution in [3.63, 3.8) is 0 Å². The van der Waals surface area contributed by atoms with Gasteiger partial charge in [0.05, 0.1) is 0 Å². The van der Waals surface area contributed by atoms with Crippen molar-refractivity contribution in [1.82, 2.24) is 4.98 Å². The van der Waals surface area contributed by atoms with Gasteiger partial charge in [-0.25, -0.2) is 19.4 Å². The molecule has 1 aromatic heterocycles. The van der Waals surface area contributed by atoms with E-state index in [-0.39, 0.29) is 28.0 Å². The zero-order valence-electron chi connectivity index (χ0n) is 15.3. The molecule has 0 aromatic carbocycles.